The predicted octanol–water partition coefficient (Wildman–Crippen LogP) is 2.53. The first kappa shape index (κ1) is 12.8. The Balaban J connectivity index is 2.57. The SMILES string of the molecule is CC(CBr)Cn1c(=O)oc2ccc([N+](=O)[O-])cc21. The number of fused-ring (bicyclic) bond motifs is 1. The highest BCUT2D eigenvalue weighted by Crippen LogP contribution is 2.20. The van der Waals surface area contributed by atoms with E-state index in [9.17, 15) is 14.9 Å². The number of halogens is 1. The van der Waals surface area contributed by atoms with Crippen molar-refractivity contribution in [1.82, 2.24) is 4.57 Å². The molecule has 0 saturated carbocycles. The number of rotatable bonds is 4. The minimum Gasteiger partial charge on any atom is -0.408 e. The predicted molar refractivity (Wildman–Crippen MR) is 70.1 cm³/mol. The zero-order valence-electron chi connectivity index (χ0n) is 9.63. The molecule has 0 aliphatic carbocycles. The van der Waals surface area contributed by atoms with E-state index in [-0.39, 0.29) is 11.6 Å². The van der Waals surface area contributed by atoms with Crippen LogP contribution in [0.5, 0.6) is 0 Å². The second kappa shape index (κ2) is 4.93. The van der Waals surface area contributed by atoms with E-state index in [1.165, 1.54) is 22.8 Å². The first-order chi connectivity index (χ1) is 8.52. The Morgan fingerprint density at radius 1 is 1.56 bits per heavy atom. The van der Waals surface area contributed by atoms with Crippen LogP contribution < -0.4 is 5.76 Å². The average Bonchev–Trinajstić information content (AvgIpc) is 2.65. The fourth-order valence-electron chi connectivity index (χ4n) is 1.70. The van der Waals surface area contributed by atoms with E-state index in [4.69, 9.17) is 4.42 Å². The maximum absolute atomic E-state index is 11.7. The van der Waals surface area contributed by atoms with Crippen molar-refractivity contribution in [2.45, 2.75) is 13.5 Å². The van der Waals surface area contributed by atoms with Crippen molar-refractivity contribution in [3.05, 3.63) is 38.9 Å². The van der Waals surface area contributed by atoms with Crippen LogP contribution >= 0.6 is 15.9 Å². The minimum atomic E-state index is -0.491. The second-order valence-electron chi connectivity index (χ2n) is 4.15. The van der Waals surface area contributed by atoms with Crippen molar-refractivity contribution < 1.29 is 9.34 Å². The summed E-state index contributed by atoms with van der Waals surface area (Å²) in [6, 6.07) is 4.13. The van der Waals surface area contributed by atoms with Gasteiger partial charge in [0.05, 0.1) is 10.4 Å². The number of non-ortho nitro benzene ring substituents is 1. The summed E-state index contributed by atoms with van der Waals surface area (Å²) in [5.41, 5.74) is 0.776. The highest BCUT2D eigenvalue weighted by Gasteiger charge is 2.15. The van der Waals surface area contributed by atoms with E-state index in [1.807, 2.05) is 6.92 Å². The lowest BCUT2D eigenvalue weighted by molar-refractivity contribution is -0.384. The molecule has 0 radical (unpaired) electrons. The van der Waals surface area contributed by atoms with Gasteiger partial charge in [0.25, 0.3) is 5.69 Å². The highest BCUT2D eigenvalue weighted by molar-refractivity contribution is 9.09. The molecule has 18 heavy (non-hydrogen) atoms. The molecular formula is C11H11BrN2O4. The Kier molecular flexibility index (Phi) is 3.51. The van der Waals surface area contributed by atoms with Gasteiger partial charge >= 0.3 is 5.76 Å². The van der Waals surface area contributed by atoms with Crippen LogP contribution in [0.1, 0.15) is 6.92 Å². The zero-order chi connectivity index (χ0) is 13.3. The van der Waals surface area contributed by atoms with Gasteiger partial charge in [-0.3, -0.25) is 14.7 Å². The number of hydrogen-bond donors (Lipinski definition) is 0. The Hall–Kier alpha value is -1.63. The molecule has 0 spiro atoms. The average molecular weight is 315 g/mol. The van der Waals surface area contributed by atoms with Crippen LogP contribution in [0.15, 0.2) is 27.4 Å². The normalized spacial score (nSPS) is 12.8. The van der Waals surface area contributed by atoms with Gasteiger partial charge in [-0.2, -0.15) is 0 Å². The number of oxazole rings is 1. The van der Waals surface area contributed by atoms with E-state index in [2.05, 4.69) is 15.9 Å². The summed E-state index contributed by atoms with van der Waals surface area (Å²) < 4.78 is 6.47. The summed E-state index contributed by atoms with van der Waals surface area (Å²) in [6.45, 7) is 2.43. The third kappa shape index (κ3) is 2.31. The Labute approximate surface area is 110 Å². The smallest absolute Gasteiger partial charge is 0.408 e. The number of aromatic nitrogens is 1. The van der Waals surface area contributed by atoms with Crippen LogP contribution in [-0.2, 0) is 6.54 Å². The van der Waals surface area contributed by atoms with Crippen molar-refractivity contribution in [1.29, 1.82) is 0 Å². The summed E-state index contributed by atoms with van der Waals surface area (Å²) >= 11 is 3.33. The monoisotopic (exact) mass is 314 g/mol. The number of alkyl halides is 1. The molecule has 7 heteroatoms. The van der Waals surface area contributed by atoms with Gasteiger partial charge < -0.3 is 4.42 Å². The van der Waals surface area contributed by atoms with Gasteiger partial charge in [-0.1, -0.05) is 22.9 Å². The van der Waals surface area contributed by atoms with E-state index in [1.54, 1.807) is 0 Å². The van der Waals surface area contributed by atoms with Gasteiger partial charge in [-0.05, 0) is 12.0 Å². The van der Waals surface area contributed by atoms with E-state index < -0.39 is 10.7 Å². The molecule has 0 fully saturated rings. The molecule has 0 aliphatic rings. The van der Waals surface area contributed by atoms with Crippen LogP contribution in [0.25, 0.3) is 11.1 Å². The Morgan fingerprint density at radius 3 is 2.89 bits per heavy atom. The molecule has 6 nitrogen and oxygen atoms in total. The molecule has 1 unspecified atom stereocenters. The molecular weight excluding hydrogens is 304 g/mol. The van der Waals surface area contributed by atoms with Gasteiger partial charge in [0, 0.05) is 24.0 Å². The molecule has 2 rings (SSSR count). The number of nitro benzene ring substituents is 1. The molecule has 0 amide bonds. The fraction of sp³-hybridized carbons (Fsp3) is 0.364. The molecule has 0 bridgehead atoms. The van der Waals surface area contributed by atoms with Crippen molar-refractivity contribution in [2.75, 3.05) is 5.33 Å². The summed E-state index contributed by atoms with van der Waals surface area (Å²) in [5.74, 6) is -0.263. The fourth-order valence-corrected chi connectivity index (χ4v) is 1.90. The summed E-state index contributed by atoms with van der Waals surface area (Å²) in [6.07, 6.45) is 0. The quantitative estimate of drug-likeness (QED) is 0.493. The molecule has 1 aromatic carbocycles. The molecule has 2 aromatic rings. The van der Waals surface area contributed by atoms with E-state index in [0.29, 0.717) is 17.6 Å². The summed E-state index contributed by atoms with van der Waals surface area (Å²) in [7, 11) is 0. The van der Waals surface area contributed by atoms with Gasteiger partial charge in [0.15, 0.2) is 5.58 Å². The van der Waals surface area contributed by atoms with Crippen molar-refractivity contribution in [3.63, 3.8) is 0 Å². The van der Waals surface area contributed by atoms with Crippen LogP contribution in [0.3, 0.4) is 0 Å². The lowest BCUT2D eigenvalue weighted by atomic mass is 10.2. The molecule has 1 atom stereocenters. The molecule has 1 heterocycles. The van der Waals surface area contributed by atoms with Crippen molar-refractivity contribution >= 4 is 32.7 Å². The topological polar surface area (TPSA) is 78.3 Å². The number of nitrogens with zero attached hydrogens (tertiary/aromatic N) is 2. The summed E-state index contributed by atoms with van der Waals surface area (Å²) in [5, 5.41) is 11.5. The lowest BCUT2D eigenvalue weighted by Gasteiger charge is -2.07. The second-order valence-corrected chi connectivity index (χ2v) is 4.79. The van der Waals surface area contributed by atoms with Crippen molar-refractivity contribution in [2.24, 2.45) is 5.92 Å². The first-order valence-corrected chi connectivity index (χ1v) is 6.49. The molecule has 0 saturated heterocycles. The third-order valence-electron chi connectivity index (χ3n) is 2.62. The largest absolute Gasteiger partial charge is 0.419 e. The Bertz CT molecular complexity index is 646. The van der Waals surface area contributed by atoms with Crippen LogP contribution in [-0.4, -0.2) is 14.8 Å². The number of hydrogen-bond acceptors (Lipinski definition) is 4. The highest BCUT2D eigenvalue weighted by atomic mass is 79.9. The van der Waals surface area contributed by atoms with Gasteiger partial charge in [0.1, 0.15) is 0 Å². The van der Waals surface area contributed by atoms with Crippen LogP contribution in [0.2, 0.25) is 0 Å². The standard InChI is InChI=1S/C11H11BrN2O4/c1-7(5-12)6-13-9-4-8(14(16)17)2-3-10(9)18-11(13)15/h2-4,7H,5-6H2,1H3. The molecule has 0 aliphatic heterocycles. The molecule has 1 aromatic heterocycles. The molecule has 96 valence electrons. The van der Waals surface area contributed by atoms with E-state index in [0.717, 1.165) is 5.33 Å². The van der Waals surface area contributed by atoms with Crippen LogP contribution in [0.4, 0.5) is 5.69 Å². The Morgan fingerprint density at radius 2 is 2.28 bits per heavy atom. The number of nitro groups is 1. The number of benzene rings is 1. The van der Waals surface area contributed by atoms with Crippen molar-refractivity contribution in [3.8, 4) is 0 Å². The van der Waals surface area contributed by atoms with E-state index >= 15 is 0 Å². The van der Waals surface area contributed by atoms with Gasteiger partial charge in [-0.25, -0.2) is 4.79 Å². The molecule has 0 N–H and O–H groups in total. The van der Waals surface area contributed by atoms with Gasteiger partial charge in [0.2, 0.25) is 0 Å². The minimum absolute atomic E-state index is 0.0523. The van der Waals surface area contributed by atoms with Gasteiger partial charge in [-0.15, -0.1) is 0 Å². The summed E-state index contributed by atoms with van der Waals surface area (Å²) in [4.78, 5) is 21.9. The first-order valence-electron chi connectivity index (χ1n) is 5.36. The third-order valence-corrected chi connectivity index (χ3v) is 3.72. The lowest BCUT2D eigenvalue weighted by Crippen LogP contribution is -2.19. The zero-order valence-corrected chi connectivity index (χ0v) is 11.2. The maximum atomic E-state index is 11.7. The van der Waals surface area contributed by atoms with Crippen LogP contribution in [0, 0.1) is 16.0 Å². The maximum Gasteiger partial charge on any atom is 0.419 e.